The molecule has 252 valence electrons. The Bertz CT molecular complexity index is 891. The summed E-state index contributed by atoms with van der Waals surface area (Å²) in [4.78, 5) is 0. The molecule has 18 heteroatoms. The van der Waals surface area contributed by atoms with Crippen LogP contribution in [0.4, 0.5) is 0 Å². The summed E-state index contributed by atoms with van der Waals surface area (Å²) in [7, 11) is 0. The molecule has 0 radical (unpaired) electrons. The molecule has 0 amide bonds. The highest BCUT2D eigenvalue weighted by molar-refractivity contribution is 4.99. The first-order valence-electron chi connectivity index (χ1n) is 14.2. The Hall–Kier alpha value is -0.720. The van der Waals surface area contributed by atoms with Crippen LogP contribution in [0.3, 0.4) is 0 Å². The smallest absolute Gasteiger partial charge is 0.187 e. The first-order chi connectivity index (χ1) is 20.2. The summed E-state index contributed by atoms with van der Waals surface area (Å²) in [5, 5.41) is 103. The molecule has 4 saturated heterocycles. The number of nitrogens with two attached hydrogens (primary N) is 1. The summed E-state index contributed by atoms with van der Waals surface area (Å²) in [6, 6.07) is -1.00. The van der Waals surface area contributed by atoms with E-state index in [0.717, 1.165) is 0 Å². The van der Waals surface area contributed by atoms with E-state index in [1.807, 2.05) is 0 Å². The summed E-state index contributed by atoms with van der Waals surface area (Å²) in [6.45, 7) is 3.03. The van der Waals surface area contributed by atoms with Crippen molar-refractivity contribution in [2.24, 2.45) is 5.73 Å². The largest absolute Gasteiger partial charge is 0.394 e. The Morgan fingerprint density at radius 2 is 0.930 bits per heavy atom. The van der Waals surface area contributed by atoms with Gasteiger partial charge in [-0.2, -0.15) is 0 Å². The van der Waals surface area contributed by atoms with E-state index in [-0.39, 0.29) is 0 Å². The Kier molecular flexibility index (Phi) is 11.7. The molecule has 4 fully saturated rings. The van der Waals surface area contributed by atoms with Gasteiger partial charge >= 0.3 is 0 Å². The van der Waals surface area contributed by atoms with Crippen LogP contribution < -0.4 is 5.73 Å². The van der Waals surface area contributed by atoms with E-state index in [4.69, 9.17) is 38.9 Å². The highest BCUT2D eigenvalue weighted by Crippen LogP contribution is 2.34. The van der Waals surface area contributed by atoms with Crippen molar-refractivity contribution in [2.45, 2.75) is 143 Å². The lowest BCUT2D eigenvalue weighted by Crippen LogP contribution is -2.68. The zero-order valence-electron chi connectivity index (χ0n) is 23.9. The molecule has 0 aromatic carbocycles. The number of ether oxygens (including phenoxy) is 7. The van der Waals surface area contributed by atoms with Crippen LogP contribution in [0.25, 0.3) is 0 Å². The van der Waals surface area contributed by atoms with E-state index in [0.29, 0.717) is 0 Å². The van der Waals surface area contributed by atoms with Crippen LogP contribution in [0.5, 0.6) is 0 Å². The van der Waals surface area contributed by atoms with Crippen molar-refractivity contribution >= 4 is 0 Å². The second-order valence-corrected chi connectivity index (χ2v) is 11.5. The third-order valence-corrected chi connectivity index (χ3v) is 8.50. The second-order valence-electron chi connectivity index (χ2n) is 11.5. The van der Waals surface area contributed by atoms with Crippen LogP contribution in [-0.2, 0) is 33.2 Å². The van der Waals surface area contributed by atoms with E-state index >= 15 is 0 Å². The summed E-state index contributed by atoms with van der Waals surface area (Å²) >= 11 is 0. The molecule has 0 saturated carbocycles. The fraction of sp³-hybridized carbons (Fsp3) is 1.00. The van der Waals surface area contributed by atoms with Crippen molar-refractivity contribution in [3.8, 4) is 0 Å². The van der Waals surface area contributed by atoms with Gasteiger partial charge in [-0.1, -0.05) is 0 Å². The molecular formula is C25H45NO17. The molecule has 0 aromatic heterocycles. The molecular weight excluding hydrogens is 586 g/mol. The molecule has 12 N–H and O–H groups in total. The van der Waals surface area contributed by atoms with Gasteiger partial charge in [0.1, 0.15) is 79.4 Å². The SMILES string of the molecule is CC1O[C@@H](OC2C(O)[C@@H](O)C(CO)O[C@H]2O[C@@H]2C(CO)O[C@@H](C)C(N)C2O[C@@H]2OC(C)[C@@H](O)C(O)C2O)C(O)C(O)[C@@H]1O. The highest BCUT2D eigenvalue weighted by Gasteiger charge is 2.54. The third-order valence-electron chi connectivity index (χ3n) is 8.50. The molecule has 18 nitrogen and oxygen atoms in total. The van der Waals surface area contributed by atoms with Gasteiger partial charge in [0.2, 0.25) is 0 Å². The van der Waals surface area contributed by atoms with E-state index in [1.165, 1.54) is 13.8 Å². The Labute approximate surface area is 247 Å². The van der Waals surface area contributed by atoms with Gasteiger partial charge in [0.25, 0.3) is 0 Å². The van der Waals surface area contributed by atoms with Crippen molar-refractivity contribution in [3.63, 3.8) is 0 Å². The van der Waals surface area contributed by atoms with Crippen LogP contribution in [0.15, 0.2) is 0 Å². The molecule has 4 aliphatic heterocycles. The normalized spacial score (nSPS) is 54.8. The lowest BCUT2D eigenvalue weighted by atomic mass is 9.92. The Morgan fingerprint density at radius 3 is 1.42 bits per heavy atom. The fourth-order valence-electron chi connectivity index (χ4n) is 5.65. The molecule has 20 atom stereocenters. The molecule has 12 unspecified atom stereocenters. The number of hydrogen-bond donors (Lipinski definition) is 11. The van der Waals surface area contributed by atoms with E-state index in [9.17, 15) is 51.1 Å². The van der Waals surface area contributed by atoms with Gasteiger partial charge in [0.15, 0.2) is 18.9 Å². The third kappa shape index (κ3) is 7.02. The quantitative estimate of drug-likeness (QED) is 0.119. The minimum absolute atomic E-state index is 0.647. The first-order valence-corrected chi connectivity index (χ1v) is 14.2. The van der Waals surface area contributed by atoms with Crippen molar-refractivity contribution in [1.29, 1.82) is 0 Å². The predicted molar refractivity (Wildman–Crippen MR) is 136 cm³/mol. The topological polar surface area (TPSA) is 293 Å². The highest BCUT2D eigenvalue weighted by atomic mass is 16.8. The Balaban J connectivity index is 1.62. The number of rotatable bonds is 8. The van der Waals surface area contributed by atoms with Gasteiger partial charge in [-0.05, 0) is 20.8 Å². The van der Waals surface area contributed by atoms with Gasteiger partial charge < -0.3 is 90.0 Å². The average molecular weight is 632 g/mol. The number of hydrogen-bond acceptors (Lipinski definition) is 18. The molecule has 0 spiro atoms. The molecule has 0 aromatic rings. The van der Waals surface area contributed by atoms with E-state index < -0.39 is 136 Å². The van der Waals surface area contributed by atoms with Gasteiger partial charge in [-0.3, -0.25) is 0 Å². The van der Waals surface area contributed by atoms with Gasteiger partial charge in [0.05, 0.1) is 37.6 Å². The minimum Gasteiger partial charge on any atom is -0.394 e. The molecule has 4 aliphatic rings. The van der Waals surface area contributed by atoms with Crippen LogP contribution >= 0.6 is 0 Å². The summed E-state index contributed by atoms with van der Waals surface area (Å²) in [5.74, 6) is 0. The van der Waals surface area contributed by atoms with Crippen LogP contribution in [0.1, 0.15) is 20.8 Å². The average Bonchev–Trinajstić information content (AvgIpc) is 2.98. The zero-order chi connectivity index (χ0) is 31.9. The molecule has 4 heterocycles. The van der Waals surface area contributed by atoms with Crippen LogP contribution in [0, 0.1) is 0 Å². The predicted octanol–water partition coefficient (Wildman–Crippen LogP) is -6.66. The van der Waals surface area contributed by atoms with Crippen LogP contribution in [-0.4, -0.2) is 187 Å². The number of aliphatic hydroxyl groups is 10. The monoisotopic (exact) mass is 631 g/mol. The standard InChI is InChI=1S/C25H45NO17/c1-6-11(26)21(42-23-18(35)15(32)12(29)7(2)38-23)20(10(5-28)37-6)41-25-22(17(34)14(31)9(4-27)40-25)43-24-19(36)16(33)13(30)8(3)39-24/h6-25,27-36H,4-5,26H2,1-3H3/t6-,7?,8?,9?,10?,11?,12+,13+,14-,15?,16?,17?,18?,19?,20+,21?,22?,23-,24-,25-/m0/s1. The summed E-state index contributed by atoms with van der Waals surface area (Å²) in [6.07, 6.45) is -27.7. The van der Waals surface area contributed by atoms with Crippen molar-refractivity contribution in [2.75, 3.05) is 13.2 Å². The number of aliphatic hydroxyl groups excluding tert-OH is 10. The maximum absolute atomic E-state index is 11.0. The molecule has 4 rings (SSSR count). The summed E-state index contributed by atoms with van der Waals surface area (Å²) in [5.41, 5.74) is 6.38. The van der Waals surface area contributed by atoms with Gasteiger partial charge in [0, 0.05) is 0 Å². The Morgan fingerprint density at radius 1 is 0.465 bits per heavy atom. The van der Waals surface area contributed by atoms with Crippen LogP contribution in [0.2, 0.25) is 0 Å². The second kappa shape index (κ2) is 14.4. The minimum atomic E-state index is -1.82. The van der Waals surface area contributed by atoms with E-state index in [1.54, 1.807) is 6.92 Å². The maximum atomic E-state index is 11.0. The fourth-order valence-corrected chi connectivity index (χ4v) is 5.65. The lowest BCUT2D eigenvalue weighted by molar-refractivity contribution is -0.385. The molecule has 0 aliphatic carbocycles. The maximum Gasteiger partial charge on any atom is 0.187 e. The van der Waals surface area contributed by atoms with Crippen molar-refractivity contribution in [3.05, 3.63) is 0 Å². The van der Waals surface area contributed by atoms with Gasteiger partial charge in [-0.25, -0.2) is 0 Å². The summed E-state index contributed by atoms with van der Waals surface area (Å²) < 4.78 is 40.3. The molecule has 0 bridgehead atoms. The van der Waals surface area contributed by atoms with Gasteiger partial charge in [-0.15, -0.1) is 0 Å². The van der Waals surface area contributed by atoms with Crippen molar-refractivity contribution < 1.29 is 84.2 Å². The zero-order valence-corrected chi connectivity index (χ0v) is 23.9. The molecule has 43 heavy (non-hydrogen) atoms. The first kappa shape index (κ1) is 35.1. The van der Waals surface area contributed by atoms with E-state index in [2.05, 4.69) is 0 Å². The lowest BCUT2D eigenvalue weighted by Gasteiger charge is -2.50. The van der Waals surface area contributed by atoms with Crippen molar-refractivity contribution in [1.82, 2.24) is 0 Å².